The van der Waals surface area contributed by atoms with Crippen molar-refractivity contribution in [2.24, 2.45) is 0 Å². The van der Waals surface area contributed by atoms with Gasteiger partial charge in [0.1, 0.15) is 6.26 Å². The summed E-state index contributed by atoms with van der Waals surface area (Å²) in [5.74, 6) is 0. The summed E-state index contributed by atoms with van der Waals surface area (Å²) in [7, 11) is 0. The monoisotopic (exact) mass is 145 g/mol. The average molecular weight is 145 g/mol. The molecule has 54 valence electrons. The molecule has 0 saturated heterocycles. The van der Waals surface area contributed by atoms with E-state index in [4.69, 9.17) is 4.52 Å². The molecule has 0 bridgehead atoms. The lowest BCUT2D eigenvalue weighted by Crippen LogP contribution is -1.69. The van der Waals surface area contributed by atoms with Crippen molar-refractivity contribution < 1.29 is 4.52 Å². The van der Waals surface area contributed by atoms with Crippen LogP contribution >= 0.6 is 0 Å². The van der Waals surface area contributed by atoms with Crippen LogP contribution in [0.4, 0.5) is 0 Å². The van der Waals surface area contributed by atoms with Gasteiger partial charge in [-0.1, -0.05) is 35.5 Å². The second kappa shape index (κ2) is 2.58. The topological polar surface area (TPSA) is 26.0 Å². The Morgan fingerprint density at radius 2 is 1.82 bits per heavy atom. The molecule has 0 aliphatic rings. The summed E-state index contributed by atoms with van der Waals surface area (Å²) in [6, 6.07) is 10.0. The van der Waals surface area contributed by atoms with Crippen LogP contribution in [-0.2, 0) is 0 Å². The van der Waals surface area contributed by atoms with Crippen LogP contribution in [0.25, 0.3) is 11.1 Å². The maximum Gasteiger partial charge on any atom is 0.131 e. The van der Waals surface area contributed by atoms with Crippen molar-refractivity contribution in [1.82, 2.24) is 5.16 Å². The maximum atomic E-state index is 4.72. The van der Waals surface area contributed by atoms with Gasteiger partial charge in [-0.3, -0.25) is 0 Å². The molecule has 2 aromatic rings. The van der Waals surface area contributed by atoms with Crippen molar-refractivity contribution in [1.29, 1.82) is 0 Å². The fourth-order valence-corrected chi connectivity index (χ4v) is 0.978. The molecule has 2 heteroatoms. The number of aromatic nitrogens is 1. The normalized spacial score (nSPS) is 9.82. The van der Waals surface area contributed by atoms with Crippen molar-refractivity contribution in [2.45, 2.75) is 0 Å². The second-order valence-electron chi connectivity index (χ2n) is 2.28. The van der Waals surface area contributed by atoms with Gasteiger partial charge in [-0.05, 0) is 5.56 Å². The van der Waals surface area contributed by atoms with Gasteiger partial charge in [0.2, 0.25) is 0 Å². The van der Waals surface area contributed by atoms with Crippen molar-refractivity contribution in [3.63, 3.8) is 0 Å². The largest absolute Gasteiger partial charge is 0.364 e. The van der Waals surface area contributed by atoms with Crippen LogP contribution in [-0.4, -0.2) is 5.16 Å². The first-order chi connectivity index (χ1) is 5.47. The van der Waals surface area contributed by atoms with Crippen LogP contribution in [0.15, 0.2) is 47.3 Å². The van der Waals surface area contributed by atoms with Gasteiger partial charge < -0.3 is 4.52 Å². The highest BCUT2D eigenvalue weighted by Gasteiger charge is 1.96. The Kier molecular flexibility index (Phi) is 1.44. The van der Waals surface area contributed by atoms with E-state index in [0.717, 1.165) is 11.1 Å². The minimum atomic E-state index is 1.02. The van der Waals surface area contributed by atoms with E-state index in [1.54, 1.807) is 12.5 Å². The molecule has 1 heterocycles. The van der Waals surface area contributed by atoms with Gasteiger partial charge in [0.15, 0.2) is 0 Å². The summed E-state index contributed by atoms with van der Waals surface area (Å²) < 4.78 is 4.72. The number of rotatable bonds is 1. The van der Waals surface area contributed by atoms with E-state index in [9.17, 15) is 0 Å². The molecule has 0 saturated carbocycles. The minimum Gasteiger partial charge on any atom is -0.364 e. The molecular weight excluding hydrogens is 138 g/mol. The molecule has 0 N–H and O–H groups in total. The van der Waals surface area contributed by atoms with E-state index in [-0.39, 0.29) is 0 Å². The molecule has 2 nitrogen and oxygen atoms in total. The van der Waals surface area contributed by atoms with Crippen LogP contribution in [0.3, 0.4) is 0 Å². The third-order valence-corrected chi connectivity index (χ3v) is 1.54. The minimum absolute atomic E-state index is 1.02. The predicted octanol–water partition coefficient (Wildman–Crippen LogP) is 2.34. The standard InChI is InChI=1S/C9H7NO/c1-2-4-8(5-3-1)9-6-10-11-7-9/h1-7H. The molecule has 0 aliphatic carbocycles. The summed E-state index contributed by atoms with van der Waals surface area (Å²) in [4.78, 5) is 0. The van der Waals surface area contributed by atoms with Gasteiger partial charge >= 0.3 is 0 Å². The van der Waals surface area contributed by atoms with Crippen molar-refractivity contribution >= 4 is 0 Å². The lowest BCUT2D eigenvalue weighted by molar-refractivity contribution is 0.420. The quantitative estimate of drug-likeness (QED) is 0.615. The first-order valence-corrected chi connectivity index (χ1v) is 3.41. The van der Waals surface area contributed by atoms with Crippen LogP contribution in [0.1, 0.15) is 0 Å². The number of benzene rings is 1. The van der Waals surface area contributed by atoms with Crippen LogP contribution in [0, 0.1) is 0 Å². The molecular formula is C9H7NO. The van der Waals surface area contributed by atoms with E-state index < -0.39 is 0 Å². The molecule has 1 aromatic carbocycles. The Morgan fingerprint density at radius 1 is 1.00 bits per heavy atom. The fourth-order valence-electron chi connectivity index (χ4n) is 0.978. The Bertz CT molecular complexity index is 313. The Hall–Kier alpha value is -1.57. The molecule has 0 fully saturated rings. The van der Waals surface area contributed by atoms with Gasteiger partial charge in [-0.2, -0.15) is 0 Å². The van der Waals surface area contributed by atoms with Crippen molar-refractivity contribution in [3.05, 3.63) is 42.8 Å². The van der Waals surface area contributed by atoms with E-state index in [2.05, 4.69) is 5.16 Å². The molecule has 11 heavy (non-hydrogen) atoms. The molecule has 1 aromatic heterocycles. The van der Waals surface area contributed by atoms with Crippen LogP contribution in [0.5, 0.6) is 0 Å². The molecule has 0 amide bonds. The first kappa shape index (κ1) is 6.16. The smallest absolute Gasteiger partial charge is 0.131 e. The number of nitrogens with zero attached hydrogens (tertiary/aromatic N) is 1. The first-order valence-electron chi connectivity index (χ1n) is 3.41. The highest BCUT2D eigenvalue weighted by molar-refractivity contribution is 5.60. The van der Waals surface area contributed by atoms with Gasteiger partial charge in [0, 0.05) is 5.56 Å². The Labute approximate surface area is 64.5 Å². The van der Waals surface area contributed by atoms with Crippen molar-refractivity contribution in [2.75, 3.05) is 0 Å². The van der Waals surface area contributed by atoms with Crippen LogP contribution < -0.4 is 0 Å². The van der Waals surface area contributed by atoms with E-state index >= 15 is 0 Å². The number of hydrogen-bond acceptors (Lipinski definition) is 2. The highest BCUT2D eigenvalue weighted by Crippen LogP contribution is 2.16. The Balaban J connectivity index is 2.46. The molecule has 2 rings (SSSR count). The molecule has 0 unspecified atom stereocenters. The molecule has 0 aliphatic heterocycles. The molecule has 0 radical (unpaired) electrons. The van der Waals surface area contributed by atoms with Crippen LogP contribution in [0.2, 0.25) is 0 Å². The summed E-state index contributed by atoms with van der Waals surface area (Å²) in [6.45, 7) is 0. The van der Waals surface area contributed by atoms with Crippen molar-refractivity contribution in [3.8, 4) is 11.1 Å². The third-order valence-electron chi connectivity index (χ3n) is 1.54. The fraction of sp³-hybridized carbons (Fsp3) is 0. The molecule has 0 spiro atoms. The Morgan fingerprint density at radius 3 is 2.45 bits per heavy atom. The predicted molar refractivity (Wildman–Crippen MR) is 41.9 cm³/mol. The number of hydrogen-bond donors (Lipinski definition) is 0. The van der Waals surface area contributed by atoms with E-state index in [1.165, 1.54) is 0 Å². The van der Waals surface area contributed by atoms with Gasteiger partial charge in [0.05, 0.1) is 6.20 Å². The summed E-state index contributed by atoms with van der Waals surface area (Å²) >= 11 is 0. The summed E-state index contributed by atoms with van der Waals surface area (Å²) in [5, 5.41) is 3.62. The zero-order chi connectivity index (χ0) is 7.52. The third kappa shape index (κ3) is 1.15. The average Bonchev–Trinajstić information content (AvgIpc) is 2.58. The summed E-state index contributed by atoms with van der Waals surface area (Å²) in [6.07, 6.45) is 3.34. The maximum absolute atomic E-state index is 4.72. The lowest BCUT2D eigenvalue weighted by Gasteiger charge is -1.91. The van der Waals surface area contributed by atoms with Gasteiger partial charge in [0.25, 0.3) is 0 Å². The molecule has 0 atom stereocenters. The van der Waals surface area contributed by atoms with Gasteiger partial charge in [-0.25, -0.2) is 0 Å². The van der Waals surface area contributed by atoms with E-state index in [1.807, 2.05) is 30.3 Å². The second-order valence-corrected chi connectivity index (χ2v) is 2.28. The van der Waals surface area contributed by atoms with Gasteiger partial charge in [-0.15, -0.1) is 0 Å². The lowest BCUT2D eigenvalue weighted by atomic mass is 10.1. The zero-order valence-corrected chi connectivity index (χ0v) is 5.90. The SMILES string of the molecule is c1ccc(-c2cnoc2)cc1. The highest BCUT2D eigenvalue weighted by atomic mass is 16.5. The van der Waals surface area contributed by atoms with E-state index in [0.29, 0.717) is 0 Å². The zero-order valence-electron chi connectivity index (χ0n) is 5.90. The summed E-state index contributed by atoms with van der Waals surface area (Å²) in [5.41, 5.74) is 2.15.